The van der Waals surface area contributed by atoms with Crippen molar-refractivity contribution in [1.82, 2.24) is 0 Å². The molecule has 3 aromatic carbocycles. The first-order chi connectivity index (χ1) is 17.4. The van der Waals surface area contributed by atoms with Crippen molar-refractivity contribution >= 4 is 0 Å². The number of phenols is 3. The Hall–Kier alpha value is -2.94. The number of benzene rings is 3. The molecule has 0 aliphatic heterocycles. The minimum absolute atomic E-state index is 0.199. The van der Waals surface area contributed by atoms with Gasteiger partial charge in [0.05, 0.1) is 0 Å². The van der Waals surface area contributed by atoms with Crippen LogP contribution in [-0.4, -0.2) is 15.3 Å². The van der Waals surface area contributed by atoms with E-state index in [1.807, 2.05) is 30.3 Å². The first-order valence-corrected chi connectivity index (χ1v) is 13.9. The molecule has 0 atom stereocenters. The van der Waals surface area contributed by atoms with Crippen LogP contribution in [0.2, 0.25) is 0 Å². The Morgan fingerprint density at radius 2 is 1.08 bits per heavy atom. The lowest BCUT2D eigenvalue weighted by molar-refractivity contribution is 0.413. The first kappa shape index (κ1) is 24.7. The SMILES string of the molecule is Cc1cc(C2CCCCC2)c(O)cc1C(c1cccc(O)c1)c1cc(O)c(C2CCCCC2)cc1C. The van der Waals surface area contributed by atoms with Crippen LogP contribution in [0.5, 0.6) is 17.2 Å². The fourth-order valence-corrected chi connectivity index (χ4v) is 6.80. The van der Waals surface area contributed by atoms with Gasteiger partial charge in [-0.15, -0.1) is 0 Å². The summed E-state index contributed by atoms with van der Waals surface area (Å²) in [5.41, 5.74) is 7.40. The molecule has 0 spiro atoms. The van der Waals surface area contributed by atoms with Crippen LogP contribution in [0.4, 0.5) is 0 Å². The van der Waals surface area contributed by atoms with Crippen LogP contribution in [0, 0.1) is 13.8 Å². The predicted octanol–water partition coefficient (Wildman–Crippen LogP) is 8.70. The third-order valence-electron chi connectivity index (χ3n) is 8.75. The van der Waals surface area contributed by atoms with Gasteiger partial charge in [0.15, 0.2) is 0 Å². The van der Waals surface area contributed by atoms with Crippen LogP contribution in [0.25, 0.3) is 0 Å². The molecule has 0 amide bonds. The van der Waals surface area contributed by atoms with E-state index in [4.69, 9.17) is 0 Å². The Balaban J connectivity index is 1.61. The van der Waals surface area contributed by atoms with Crippen molar-refractivity contribution in [2.75, 3.05) is 0 Å². The van der Waals surface area contributed by atoms with E-state index in [0.717, 1.165) is 64.6 Å². The summed E-state index contributed by atoms with van der Waals surface area (Å²) in [5, 5.41) is 32.7. The minimum atomic E-state index is -0.199. The third-order valence-corrected chi connectivity index (χ3v) is 8.75. The number of aryl methyl sites for hydroxylation is 2. The molecule has 2 aliphatic carbocycles. The van der Waals surface area contributed by atoms with Gasteiger partial charge in [0, 0.05) is 5.92 Å². The van der Waals surface area contributed by atoms with E-state index in [1.54, 1.807) is 6.07 Å². The zero-order chi connectivity index (χ0) is 25.2. The van der Waals surface area contributed by atoms with Crippen LogP contribution in [-0.2, 0) is 0 Å². The van der Waals surface area contributed by atoms with Crippen molar-refractivity contribution < 1.29 is 15.3 Å². The van der Waals surface area contributed by atoms with E-state index >= 15 is 0 Å². The molecule has 36 heavy (non-hydrogen) atoms. The summed E-state index contributed by atoms with van der Waals surface area (Å²) >= 11 is 0. The Labute approximate surface area is 215 Å². The lowest BCUT2D eigenvalue weighted by Crippen LogP contribution is -2.11. The van der Waals surface area contributed by atoms with Gasteiger partial charge >= 0.3 is 0 Å². The summed E-state index contributed by atoms with van der Waals surface area (Å²) in [7, 11) is 0. The molecule has 3 heteroatoms. The molecule has 0 heterocycles. The smallest absolute Gasteiger partial charge is 0.119 e. The number of rotatable bonds is 5. The second-order valence-electron chi connectivity index (χ2n) is 11.2. The van der Waals surface area contributed by atoms with Crippen LogP contribution in [0.15, 0.2) is 48.5 Å². The molecule has 0 aromatic heterocycles. The van der Waals surface area contributed by atoms with Crippen molar-refractivity contribution in [2.45, 2.75) is 95.8 Å². The highest BCUT2D eigenvalue weighted by Crippen LogP contribution is 2.45. The average Bonchev–Trinajstić information content (AvgIpc) is 2.89. The molecule has 2 fully saturated rings. The molecule has 2 saturated carbocycles. The highest BCUT2D eigenvalue weighted by Gasteiger charge is 2.27. The highest BCUT2D eigenvalue weighted by atomic mass is 16.3. The molecule has 0 saturated heterocycles. The maximum Gasteiger partial charge on any atom is 0.119 e. The fourth-order valence-electron chi connectivity index (χ4n) is 6.80. The summed E-state index contributed by atoms with van der Waals surface area (Å²) in [4.78, 5) is 0. The van der Waals surface area contributed by atoms with Gasteiger partial charge in [-0.25, -0.2) is 0 Å². The van der Waals surface area contributed by atoms with Crippen molar-refractivity contribution in [3.8, 4) is 17.2 Å². The van der Waals surface area contributed by atoms with Gasteiger partial charge in [-0.2, -0.15) is 0 Å². The zero-order valence-electron chi connectivity index (χ0n) is 21.8. The van der Waals surface area contributed by atoms with Crippen molar-refractivity contribution in [1.29, 1.82) is 0 Å². The first-order valence-electron chi connectivity index (χ1n) is 13.9. The van der Waals surface area contributed by atoms with E-state index in [1.165, 1.54) is 38.5 Å². The molecule has 3 aromatic rings. The van der Waals surface area contributed by atoms with Gasteiger partial charge in [0.1, 0.15) is 17.2 Å². The number of hydrogen-bond acceptors (Lipinski definition) is 3. The van der Waals surface area contributed by atoms with Crippen molar-refractivity contribution in [3.05, 3.63) is 87.5 Å². The third kappa shape index (κ3) is 4.98. The fraction of sp³-hybridized carbons (Fsp3) is 0.455. The lowest BCUT2D eigenvalue weighted by Gasteiger charge is -2.28. The molecule has 5 rings (SSSR count). The van der Waals surface area contributed by atoms with Crippen molar-refractivity contribution in [3.63, 3.8) is 0 Å². The van der Waals surface area contributed by atoms with Gasteiger partial charge in [-0.05, 0) is 115 Å². The zero-order valence-corrected chi connectivity index (χ0v) is 21.8. The largest absolute Gasteiger partial charge is 0.508 e. The van der Waals surface area contributed by atoms with Crippen LogP contribution in [0.3, 0.4) is 0 Å². The van der Waals surface area contributed by atoms with E-state index in [2.05, 4.69) is 26.0 Å². The summed E-state index contributed by atoms with van der Waals surface area (Å²) < 4.78 is 0. The van der Waals surface area contributed by atoms with E-state index in [0.29, 0.717) is 23.3 Å². The molecule has 3 nitrogen and oxygen atoms in total. The van der Waals surface area contributed by atoms with Gasteiger partial charge in [0.25, 0.3) is 0 Å². The van der Waals surface area contributed by atoms with E-state index < -0.39 is 0 Å². The summed E-state index contributed by atoms with van der Waals surface area (Å²) in [6, 6.07) is 15.6. The van der Waals surface area contributed by atoms with Gasteiger partial charge in [-0.3, -0.25) is 0 Å². The predicted molar refractivity (Wildman–Crippen MR) is 146 cm³/mol. The van der Waals surface area contributed by atoms with Gasteiger partial charge < -0.3 is 15.3 Å². The monoisotopic (exact) mass is 484 g/mol. The van der Waals surface area contributed by atoms with Crippen LogP contribution in [0.1, 0.15) is 121 Å². The number of phenolic OH excluding ortho intramolecular Hbond substituents is 3. The normalized spacial score (nSPS) is 17.5. The molecular weight excluding hydrogens is 444 g/mol. The Morgan fingerprint density at radius 1 is 0.611 bits per heavy atom. The van der Waals surface area contributed by atoms with Gasteiger partial charge in [0.2, 0.25) is 0 Å². The molecule has 0 unspecified atom stereocenters. The second-order valence-corrected chi connectivity index (χ2v) is 11.2. The van der Waals surface area contributed by atoms with Crippen LogP contribution < -0.4 is 0 Å². The Kier molecular flexibility index (Phi) is 7.27. The Bertz CT molecular complexity index is 1140. The molecule has 0 bridgehead atoms. The van der Waals surface area contributed by atoms with Crippen LogP contribution >= 0.6 is 0 Å². The number of hydrogen-bond donors (Lipinski definition) is 3. The topological polar surface area (TPSA) is 60.7 Å². The van der Waals surface area contributed by atoms with E-state index in [9.17, 15) is 15.3 Å². The second kappa shape index (κ2) is 10.6. The van der Waals surface area contributed by atoms with Crippen molar-refractivity contribution in [2.24, 2.45) is 0 Å². The van der Waals surface area contributed by atoms with Gasteiger partial charge in [-0.1, -0.05) is 62.8 Å². The summed E-state index contributed by atoms with van der Waals surface area (Å²) in [6.45, 7) is 4.25. The lowest BCUT2D eigenvalue weighted by atomic mass is 9.76. The maximum absolute atomic E-state index is 11.2. The number of aromatic hydroxyl groups is 3. The molecule has 3 N–H and O–H groups in total. The Morgan fingerprint density at radius 3 is 1.53 bits per heavy atom. The molecular formula is C33H40O3. The standard InChI is InChI=1S/C33H40O3/c1-21-16-29(23-10-5-3-6-11-23)31(35)19-27(21)33(25-14-9-15-26(34)18-25)28-20-32(36)30(17-22(28)2)24-12-7-4-8-13-24/h9,14-20,23-24,33-36H,3-8,10-13H2,1-2H3. The minimum Gasteiger partial charge on any atom is -0.508 e. The molecule has 2 aliphatic rings. The summed E-state index contributed by atoms with van der Waals surface area (Å²) in [5.74, 6) is 1.60. The van der Waals surface area contributed by atoms with E-state index in [-0.39, 0.29) is 11.7 Å². The molecule has 0 radical (unpaired) electrons. The summed E-state index contributed by atoms with van der Waals surface area (Å²) in [6.07, 6.45) is 12.0. The molecule has 190 valence electrons. The average molecular weight is 485 g/mol. The quantitative estimate of drug-likeness (QED) is 0.317. The maximum atomic E-state index is 11.2. The highest BCUT2D eigenvalue weighted by molar-refractivity contribution is 5.56.